The molecule has 1 amide bonds. The Bertz CT molecular complexity index is 415. The Hall–Kier alpha value is -2.17. The lowest BCUT2D eigenvalue weighted by atomic mass is 10.2. The summed E-state index contributed by atoms with van der Waals surface area (Å²) in [5.74, 6) is -1.25. The highest BCUT2D eigenvalue weighted by Crippen LogP contribution is 1.98. The van der Waals surface area contributed by atoms with Gasteiger partial charge < -0.3 is 10.4 Å². The van der Waals surface area contributed by atoms with Crippen molar-refractivity contribution in [1.82, 2.24) is 10.3 Å². The minimum absolute atomic E-state index is 0.0908. The van der Waals surface area contributed by atoms with E-state index in [9.17, 15) is 9.59 Å². The first-order valence-electron chi connectivity index (χ1n) is 5.18. The van der Waals surface area contributed by atoms with Gasteiger partial charge in [0.05, 0.1) is 6.42 Å². The maximum atomic E-state index is 11.4. The molecule has 90 valence electrons. The molecule has 1 atom stereocenters. The third-order valence-corrected chi connectivity index (χ3v) is 1.98. The summed E-state index contributed by atoms with van der Waals surface area (Å²) in [5, 5.41) is 11.1. The third-order valence-electron chi connectivity index (χ3n) is 1.98. The van der Waals surface area contributed by atoms with Crippen molar-refractivity contribution < 1.29 is 14.7 Å². The smallest absolute Gasteiger partial charge is 0.305 e. The molecule has 2 N–H and O–H groups in total. The zero-order valence-corrected chi connectivity index (χ0v) is 9.46. The van der Waals surface area contributed by atoms with Crippen molar-refractivity contribution >= 4 is 18.0 Å². The first-order valence-corrected chi connectivity index (χ1v) is 5.18. The summed E-state index contributed by atoms with van der Waals surface area (Å²) in [7, 11) is 0. The summed E-state index contributed by atoms with van der Waals surface area (Å²) in [4.78, 5) is 25.7. The summed E-state index contributed by atoms with van der Waals surface area (Å²) in [6.07, 6.45) is 6.16. The predicted molar refractivity (Wildman–Crippen MR) is 63.1 cm³/mol. The number of carbonyl (C=O) groups is 2. The molecule has 0 saturated heterocycles. The van der Waals surface area contributed by atoms with Crippen molar-refractivity contribution in [3.63, 3.8) is 0 Å². The largest absolute Gasteiger partial charge is 0.481 e. The molecule has 1 heterocycles. The summed E-state index contributed by atoms with van der Waals surface area (Å²) >= 11 is 0. The molecule has 1 unspecified atom stereocenters. The molecule has 0 aliphatic heterocycles. The number of aliphatic carboxylic acids is 1. The number of amides is 1. The van der Waals surface area contributed by atoms with Crippen molar-refractivity contribution in [3.05, 3.63) is 36.2 Å². The summed E-state index contributed by atoms with van der Waals surface area (Å²) < 4.78 is 0. The molecule has 1 aromatic rings. The number of hydrogen-bond acceptors (Lipinski definition) is 3. The molecule has 1 rings (SSSR count). The second-order valence-corrected chi connectivity index (χ2v) is 3.63. The van der Waals surface area contributed by atoms with Crippen LogP contribution in [0.4, 0.5) is 0 Å². The topological polar surface area (TPSA) is 79.3 Å². The molecular formula is C12H14N2O3. The van der Waals surface area contributed by atoms with Crippen LogP contribution in [0.15, 0.2) is 30.6 Å². The van der Waals surface area contributed by atoms with Gasteiger partial charge >= 0.3 is 5.97 Å². The molecule has 0 aliphatic carbocycles. The van der Waals surface area contributed by atoms with Crippen LogP contribution in [0.2, 0.25) is 0 Å². The zero-order valence-electron chi connectivity index (χ0n) is 9.46. The van der Waals surface area contributed by atoms with Crippen LogP contribution < -0.4 is 5.32 Å². The molecule has 0 spiro atoms. The molecule has 5 heteroatoms. The van der Waals surface area contributed by atoms with E-state index in [0.29, 0.717) is 0 Å². The fourth-order valence-electron chi connectivity index (χ4n) is 1.25. The van der Waals surface area contributed by atoms with E-state index in [0.717, 1.165) is 5.56 Å². The number of nitrogens with zero attached hydrogens (tertiary/aromatic N) is 1. The average Bonchev–Trinajstić information content (AvgIpc) is 2.26. The van der Waals surface area contributed by atoms with E-state index in [-0.39, 0.29) is 12.3 Å². The van der Waals surface area contributed by atoms with Gasteiger partial charge in [0.25, 0.3) is 0 Å². The zero-order chi connectivity index (χ0) is 12.7. The van der Waals surface area contributed by atoms with E-state index in [1.807, 2.05) is 6.07 Å². The SMILES string of the molecule is CC(CC(=O)O)NC(=O)/C=C/c1cccnc1. The summed E-state index contributed by atoms with van der Waals surface area (Å²) in [6.45, 7) is 1.64. The number of carboxylic acids is 1. The first kappa shape index (κ1) is 12.9. The maximum absolute atomic E-state index is 11.4. The van der Waals surface area contributed by atoms with E-state index < -0.39 is 12.0 Å². The molecular weight excluding hydrogens is 220 g/mol. The van der Waals surface area contributed by atoms with Crippen LogP contribution in [0.25, 0.3) is 6.08 Å². The van der Waals surface area contributed by atoms with Gasteiger partial charge in [-0.25, -0.2) is 0 Å². The lowest BCUT2D eigenvalue weighted by Gasteiger charge is -2.08. The van der Waals surface area contributed by atoms with Gasteiger partial charge in [0.2, 0.25) is 5.91 Å². The highest BCUT2D eigenvalue weighted by atomic mass is 16.4. The summed E-state index contributed by atoms with van der Waals surface area (Å²) in [5.41, 5.74) is 0.813. The number of carboxylic acid groups (broad SMARTS) is 1. The minimum Gasteiger partial charge on any atom is -0.481 e. The van der Waals surface area contributed by atoms with E-state index in [1.54, 1.807) is 31.5 Å². The van der Waals surface area contributed by atoms with Crippen LogP contribution in [0, 0.1) is 0 Å². The summed E-state index contributed by atoms with van der Waals surface area (Å²) in [6, 6.07) is 3.20. The van der Waals surface area contributed by atoms with Crippen LogP contribution in [-0.2, 0) is 9.59 Å². The van der Waals surface area contributed by atoms with Gasteiger partial charge in [-0.15, -0.1) is 0 Å². The maximum Gasteiger partial charge on any atom is 0.305 e. The predicted octanol–water partition coefficient (Wildman–Crippen LogP) is 1.07. The van der Waals surface area contributed by atoms with Crippen LogP contribution in [0.5, 0.6) is 0 Å². The van der Waals surface area contributed by atoms with Crippen LogP contribution >= 0.6 is 0 Å². The highest BCUT2D eigenvalue weighted by molar-refractivity contribution is 5.92. The number of nitrogens with one attached hydrogen (secondary N) is 1. The number of hydrogen-bond donors (Lipinski definition) is 2. The molecule has 0 aromatic carbocycles. The Labute approximate surface area is 99.2 Å². The Morgan fingerprint density at radius 2 is 2.35 bits per heavy atom. The Balaban J connectivity index is 2.44. The Kier molecular flexibility index (Phi) is 4.87. The van der Waals surface area contributed by atoms with Gasteiger partial charge in [-0.2, -0.15) is 0 Å². The van der Waals surface area contributed by atoms with Gasteiger partial charge in [-0.05, 0) is 24.6 Å². The van der Waals surface area contributed by atoms with Crippen molar-refractivity contribution in [2.45, 2.75) is 19.4 Å². The van der Waals surface area contributed by atoms with Gasteiger partial charge in [-0.1, -0.05) is 6.07 Å². The fraction of sp³-hybridized carbons (Fsp3) is 0.250. The Morgan fingerprint density at radius 1 is 1.59 bits per heavy atom. The molecule has 5 nitrogen and oxygen atoms in total. The second-order valence-electron chi connectivity index (χ2n) is 3.63. The van der Waals surface area contributed by atoms with E-state index in [4.69, 9.17) is 5.11 Å². The van der Waals surface area contributed by atoms with Crippen molar-refractivity contribution in [3.8, 4) is 0 Å². The molecule has 0 fully saturated rings. The van der Waals surface area contributed by atoms with Crippen LogP contribution in [0.3, 0.4) is 0 Å². The van der Waals surface area contributed by atoms with Crippen molar-refractivity contribution in [1.29, 1.82) is 0 Å². The normalized spacial score (nSPS) is 12.3. The minimum atomic E-state index is -0.936. The number of pyridine rings is 1. The van der Waals surface area contributed by atoms with E-state index >= 15 is 0 Å². The Morgan fingerprint density at radius 3 is 2.94 bits per heavy atom. The van der Waals surface area contributed by atoms with Gasteiger partial charge in [0, 0.05) is 24.5 Å². The van der Waals surface area contributed by atoms with Gasteiger partial charge in [-0.3, -0.25) is 14.6 Å². The van der Waals surface area contributed by atoms with Crippen LogP contribution in [0.1, 0.15) is 18.9 Å². The van der Waals surface area contributed by atoms with Gasteiger partial charge in [0.1, 0.15) is 0 Å². The van der Waals surface area contributed by atoms with Crippen LogP contribution in [-0.4, -0.2) is 28.0 Å². The standard InChI is InChI=1S/C12H14N2O3/c1-9(7-12(16)17)14-11(15)5-4-10-3-2-6-13-8-10/h2-6,8-9H,7H2,1H3,(H,14,15)(H,16,17)/b5-4+. The lowest BCUT2D eigenvalue weighted by Crippen LogP contribution is -2.32. The first-order chi connectivity index (χ1) is 8.08. The van der Waals surface area contributed by atoms with E-state index in [2.05, 4.69) is 10.3 Å². The molecule has 0 bridgehead atoms. The average molecular weight is 234 g/mol. The molecule has 0 aliphatic rings. The highest BCUT2D eigenvalue weighted by Gasteiger charge is 2.08. The third kappa shape index (κ3) is 5.46. The van der Waals surface area contributed by atoms with Crippen molar-refractivity contribution in [2.75, 3.05) is 0 Å². The fourth-order valence-corrected chi connectivity index (χ4v) is 1.25. The molecule has 1 aromatic heterocycles. The van der Waals surface area contributed by atoms with Crippen molar-refractivity contribution in [2.24, 2.45) is 0 Å². The number of carbonyl (C=O) groups excluding carboxylic acids is 1. The number of aromatic nitrogens is 1. The quantitative estimate of drug-likeness (QED) is 0.747. The lowest BCUT2D eigenvalue weighted by molar-refractivity contribution is -0.137. The number of rotatable bonds is 5. The monoisotopic (exact) mass is 234 g/mol. The van der Waals surface area contributed by atoms with E-state index in [1.165, 1.54) is 6.08 Å². The second kappa shape index (κ2) is 6.42. The molecule has 17 heavy (non-hydrogen) atoms. The molecule has 0 saturated carbocycles. The molecule has 0 radical (unpaired) electrons. The van der Waals surface area contributed by atoms with Gasteiger partial charge in [0.15, 0.2) is 0 Å².